The summed E-state index contributed by atoms with van der Waals surface area (Å²) in [6, 6.07) is 23.9. The van der Waals surface area contributed by atoms with E-state index < -0.39 is 44.8 Å². The van der Waals surface area contributed by atoms with Crippen molar-refractivity contribution in [1.82, 2.24) is 0 Å². The van der Waals surface area contributed by atoms with Crippen molar-refractivity contribution in [2.75, 3.05) is 0 Å². The van der Waals surface area contributed by atoms with Gasteiger partial charge in [0.2, 0.25) is 0 Å². The van der Waals surface area contributed by atoms with Crippen LogP contribution < -0.4 is 10.4 Å². The number of rotatable bonds is 2. The summed E-state index contributed by atoms with van der Waals surface area (Å²) in [4.78, 5) is 0. The van der Waals surface area contributed by atoms with Gasteiger partial charge in [-0.15, -0.1) is 0 Å². The van der Waals surface area contributed by atoms with Gasteiger partial charge >= 0.3 is 223 Å². The van der Waals surface area contributed by atoms with E-state index in [-0.39, 0.29) is 0 Å². The summed E-state index contributed by atoms with van der Waals surface area (Å²) in [5.41, 5.74) is 0. The van der Waals surface area contributed by atoms with E-state index >= 15 is 0 Å². The third-order valence-electron chi connectivity index (χ3n) is 10.2. The SMILES string of the molecule is C[C](C)(C)[Sn]1([C](C)(C)C)[CH2][Si](c2ccccc2)(c2ccccc2)[CH2][Sn]([C](C)(C)C)([C](C)(C)C)[CH2]1. The van der Waals surface area contributed by atoms with Gasteiger partial charge in [-0.3, -0.25) is 0 Å². The fraction of sp³-hybridized carbons (Fsp3) is 0.613. The van der Waals surface area contributed by atoms with E-state index in [4.69, 9.17) is 0 Å². The Labute approximate surface area is 221 Å². The van der Waals surface area contributed by atoms with Crippen LogP contribution in [-0.4, -0.2) is 44.8 Å². The molecule has 3 rings (SSSR count). The summed E-state index contributed by atoms with van der Waals surface area (Å²) < 4.78 is 6.67. The molecule has 1 heterocycles. The van der Waals surface area contributed by atoms with Gasteiger partial charge in [0.15, 0.2) is 0 Å². The molecular weight excluding hydrogens is 638 g/mol. The molecule has 34 heavy (non-hydrogen) atoms. The topological polar surface area (TPSA) is 0 Å². The summed E-state index contributed by atoms with van der Waals surface area (Å²) in [6.45, 7) is 32.0. The molecule has 1 saturated heterocycles. The Morgan fingerprint density at radius 1 is 0.471 bits per heavy atom. The molecule has 1 fully saturated rings. The fourth-order valence-corrected chi connectivity index (χ4v) is 165. The van der Waals surface area contributed by atoms with Gasteiger partial charge in [0.05, 0.1) is 0 Å². The van der Waals surface area contributed by atoms with Crippen molar-refractivity contribution in [3.8, 4) is 0 Å². The van der Waals surface area contributed by atoms with Crippen LogP contribution in [0.4, 0.5) is 0 Å². The van der Waals surface area contributed by atoms with E-state index in [2.05, 4.69) is 144 Å². The van der Waals surface area contributed by atoms with Gasteiger partial charge in [-0.25, -0.2) is 0 Å². The van der Waals surface area contributed by atoms with Crippen LogP contribution in [0.3, 0.4) is 0 Å². The van der Waals surface area contributed by atoms with Gasteiger partial charge in [-0.05, 0) is 0 Å². The first-order valence-electron chi connectivity index (χ1n) is 13.4. The van der Waals surface area contributed by atoms with E-state index in [1.54, 1.807) is 20.9 Å². The van der Waals surface area contributed by atoms with Gasteiger partial charge in [-0.2, -0.15) is 0 Å². The van der Waals surface area contributed by atoms with Crippen LogP contribution in [0.1, 0.15) is 83.1 Å². The summed E-state index contributed by atoms with van der Waals surface area (Å²) in [5.74, 6) is 0. The number of hydrogen-bond acceptors (Lipinski definition) is 0. The third kappa shape index (κ3) is 4.66. The predicted octanol–water partition coefficient (Wildman–Crippen LogP) is 8.98. The third-order valence-corrected chi connectivity index (χ3v) is 95.5. The van der Waals surface area contributed by atoms with E-state index in [1.807, 2.05) is 0 Å². The molecule has 0 radical (unpaired) electrons. The molecule has 0 atom stereocenters. The second-order valence-electron chi connectivity index (χ2n) is 15.5. The molecule has 2 aromatic rings. The molecule has 0 saturated carbocycles. The molecule has 1 aliphatic heterocycles. The normalized spacial score (nSPS) is 20.7. The van der Waals surface area contributed by atoms with Crippen LogP contribution in [0.15, 0.2) is 60.7 Å². The number of hydrogen-bond donors (Lipinski definition) is 0. The van der Waals surface area contributed by atoms with Crippen molar-refractivity contribution >= 4 is 55.2 Å². The van der Waals surface area contributed by atoms with Crippen molar-refractivity contribution < 1.29 is 0 Å². The Balaban J connectivity index is 2.54. The zero-order valence-electron chi connectivity index (χ0n) is 24.4. The zero-order valence-corrected chi connectivity index (χ0v) is 31.1. The molecule has 3 heteroatoms. The van der Waals surface area contributed by atoms with Crippen LogP contribution >= 0.6 is 0 Å². The standard InChI is InChI=1S/C14H14Si.4C4H9.CH2.2Sn/c1-15(2,13-9-5-3-6-10-13)14-11-7-4-8-12-14;4*1-4(2)3;;;/h3-12H,1-2H2;4*1-3H3;1H2;;. The molecule has 0 spiro atoms. The van der Waals surface area contributed by atoms with Crippen LogP contribution in [0.25, 0.3) is 0 Å². The van der Waals surface area contributed by atoms with Gasteiger partial charge in [0, 0.05) is 0 Å². The molecule has 0 aliphatic carbocycles. The molecular formula is C31H52SiSn2. The maximum absolute atomic E-state index is 2.85. The molecule has 0 unspecified atom stereocenters. The van der Waals surface area contributed by atoms with Crippen LogP contribution in [0, 0.1) is 0 Å². The molecule has 0 amide bonds. The first kappa shape index (κ1) is 28.8. The number of benzene rings is 2. The quantitative estimate of drug-likeness (QED) is 0.276. The van der Waals surface area contributed by atoms with E-state index in [0.717, 1.165) is 0 Å². The van der Waals surface area contributed by atoms with Crippen LogP contribution in [0.5, 0.6) is 0 Å². The molecule has 0 aromatic heterocycles. The summed E-state index contributed by atoms with van der Waals surface area (Å²) in [5, 5.41) is 3.45. The monoisotopic (exact) mass is 692 g/mol. The Kier molecular flexibility index (Phi) is 7.82. The Bertz CT molecular complexity index is 857. The van der Waals surface area contributed by atoms with E-state index in [9.17, 15) is 0 Å². The van der Waals surface area contributed by atoms with Gasteiger partial charge in [0.25, 0.3) is 0 Å². The second-order valence-corrected chi connectivity index (χ2v) is 62.8. The molecule has 0 N–H and O–H groups in total. The van der Waals surface area contributed by atoms with Crippen molar-refractivity contribution in [3.05, 3.63) is 60.7 Å². The average Bonchev–Trinajstić information content (AvgIpc) is 2.71. The fourth-order valence-electron chi connectivity index (χ4n) is 8.19. The predicted molar refractivity (Wildman–Crippen MR) is 163 cm³/mol. The second kappa shape index (κ2) is 9.22. The van der Waals surface area contributed by atoms with Crippen LogP contribution in [0.2, 0.25) is 24.3 Å². The summed E-state index contributed by atoms with van der Waals surface area (Å²) in [6.07, 6.45) is 0. The Hall–Kier alpha value is 0.254. The van der Waals surface area contributed by atoms with E-state index in [0.29, 0.717) is 13.7 Å². The summed E-state index contributed by atoms with van der Waals surface area (Å²) in [7, 11) is -1.96. The van der Waals surface area contributed by atoms with Gasteiger partial charge in [0.1, 0.15) is 0 Å². The zero-order chi connectivity index (χ0) is 25.8. The van der Waals surface area contributed by atoms with Gasteiger partial charge in [-0.1, -0.05) is 0 Å². The van der Waals surface area contributed by atoms with Gasteiger partial charge < -0.3 is 0 Å². The van der Waals surface area contributed by atoms with Crippen LogP contribution in [-0.2, 0) is 0 Å². The summed E-state index contributed by atoms with van der Waals surface area (Å²) >= 11 is -5.71. The van der Waals surface area contributed by atoms with Crippen molar-refractivity contribution in [1.29, 1.82) is 0 Å². The first-order valence-corrected chi connectivity index (χ1v) is 29.6. The molecule has 1 aliphatic rings. The van der Waals surface area contributed by atoms with Crippen molar-refractivity contribution in [3.63, 3.8) is 0 Å². The maximum atomic E-state index is 2.66. The molecule has 188 valence electrons. The molecule has 0 bridgehead atoms. The minimum absolute atomic E-state index is 0.452. The Morgan fingerprint density at radius 3 is 0.971 bits per heavy atom. The van der Waals surface area contributed by atoms with Crippen molar-refractivity contribution in [2.45, 2.75) is 107 Å². The minimum atomic E-state index is -2.85. The average molecular weight is 690 g/mol. The molecule has 0 nitrogen and oxygen atoms in total. The first-order chi connectivity index (χ1) is 15.3. The van der Waals surface area contributed by atoms with E-state index in [1.165, 1.54) is 0 Å². The van der Waals surface area contributed by atoms with Crippen molar-refractivity contribution in [2.24, 2.45) is 0 Å². The molecule has 2 aromatic carbocycles. The Morgan fingerprint density at radius 2 is 0.735 bits per heavy atom.